The molecule has 0 bridgehead atoms. The summed E-state index contributed by atoms with van der Waals surface area (Å²) in [6.45, 7) is 2.64. The Morgan fingerprint density at radius 1 is 0.952 bits per heavy atom. The molecular formula is C17H19BrO3. The number of rotatable bonds is 6. The van der Waals surface area contributed by atoms with Gasteiger partial charge < -0.3 is 14.2 Å². The van der Waals surface area contributed by atoms with Crippen LogP contribution in [0.3, 0.4) is 0 Å². The minimum atomic E-state index is 0.0261. The van der Waals surface area contributed by atoms with Crippen LogP contribution in [0.25, 0.3) is 0 Å². The zero-order valence-electron chi connectivity index (χ0n) is 12.4. The minimum Gasteiger partial charge on any atom is -0.497 e. The van der Waals surface area contributed by atoms with E-state index in [1.54, 1.807) is 14.2 Å². The van der Waals surface area contributed by atoms with E-state index in [1.165, 1.54) is 0 Å². The first kappa shape index (κ1) is 15.7. The summed E-state index contributed by atoms with van der Waals surface area (Å²) in [6.07, 6.45) is 0. The fourth-order valence-electron chi connectivity index (χ4n) is 2.12. The van der Waals surface area contributed by atoms with Crippen molar-refractivity contribution in [1.82, 2.24) is 0 Å². The molecule has 0 aliphatic heterocycles. The van der Waals surface area contributed by atoms with Gasteiger partial charge in [-0.3, -0.25) is 0 Å². The fraction of sp³-hybridized carbons (Fsp3) is 0.294. The van der Waals surface area contributed by atoms with Gasteiger partial charge in [0.25, 0.3) is 0 Å². The summed E-state index contributed by atoms with van der Waals surface area (Å²) in [4.78, 5) is 0.0261. The number of benzene rings is 2. The predicted molar refractivity (Wildman–Crippen MR) is 87.9 cm³/mol. The van der Waals surface area contributed by atoms with Crippen LogP contribution < -0.4 is 14.2 Å². The van der Waals surface area contributed by atoms with E-state index in [0.717, 1.165) is 28.4 Å². The van der Waals surface area contributed by atoms with Crippen molar-refractivity contribution in [1.29, 1.82) is 0 Å². The summed E-state index contributed by atoms with van der Waals surface area (Å²) in [5.41, 5.74) is 2.16. The maximum absolute atomic E-state index is 5.47. The molecule has 2 rings (SSSR count). The van der Waals surface area contributed by atoms with Crippen molar-refractivity contribution in [3.05, 3.63) is 53.6 Å². The molecule has 2 aromatic carbocycles. The monoisotopic (exact) mass is 350 g/mol. The van der Waals surface area contributed by atoms with Crippen molar-refractivity contribution in [2.75, 3.05) is 20.8 Å². The van der Waals surface area contributed by atoms with E-state index >= 15 is 0 Å². The second-order valence-electron chi connectivity index (χ2n) is 4.47. The van der Waals surface area contributed by atoms with Crippen LogP contribution in [0.15, 0.2) is 42.5 Å². The molecule has 2 aromatic rings. The molecule has 0 aliphatic carbocycles. The third-order valence-corrected chi connectivity index (χ3v) is 4.22. The lowest BCUT2D eigenvalue weighted by atomic mass is 10.0. The van der Waals surface area contributed by atoms with Crippen LogP contribution >= 0.6 is 15.9 Å². The van der Waals surface area contributed by atoms with Crippen molar-refractivity contribution in [3.8, 4) is 17.2 Å². The molecule has 21 heavy (non-hydrogen) atoms. The van der Waals surface area contributed by atoms with Gasteiger partial charge in [-0.2, -0.15) is 0 Å². The molecule has 0 radical (unpaired) electrons. The Labute approximate surface area is 134 Å². The van der Waals surface area contributed by atoms with Crippen molar-refractivity contribution in [2.24, 2.45) is 0 Å². The number of alkyl halides is 1. The summed E-state index contributed by atoms with van der Waals surface area (Å²) in [5.74, 6) is 2.51. The topological polar surface area (TPSA) is 27.7 Å². The maximum atomic E-state index is 5.47. The van der Waals surface area contributed by atoms with E-state index < -0.39 is 0 Å². The van der Waals surface area contributed by atoms with Gasteiger partial charge in [0.15, 0.2) is 0 Å². The van der Waals surface area contributed by atoms with Crippen LogP contribution in [0, 0.1) is 0 Å². The number of ether oxygens (including phenoxy) is 3. The Hall–Kier alpha value is -1.68. The average Bonchev–Trinajstić information content (AvgIpc) is 2.54. The molecule has 0 N–H and O–H groups in total. The van der Waals surface area contributed by atoms with Crippen molar-refractivity contribution in [2.45, 2.75) is 11.8 Å². The van der Waals surface area contributed by atoms with Gasteiger partial charge in [-0.25, -0.2) is 0 Å². The smallest absolute Gasteiger partial charge is 0.123 e. The Balaban J connectivity index is 2.31. The van der Waals surface area contributed by atoms with Crippen LogP contribution in [-0.4, -0.2) is 20.8 Å². The summed E-state index contributed by atoms with van der Waals surface area (Å²) in [6, 6.07) is 13.8. The van der Waals surface area contributed by atoms with Gasteiger partial charge in [-0.15, -0.1) is 0 Å². The van der Waals surface area contributed by atoms with Crippen LogP contribution in [-0.2, 0) is 0 Å². The van der Waals surface area contributed by atoms with E-state index in [9.17, 15) is 0 Å². The molecule has 0 fully saturated rings. The first-order valence-electron chi connectivity index (χ1n) is 6.78. The fourth-order valence-corrected chi connectivity index (χ4v) is 2.78. The average molecular weight is 351 g/mol. The van der Waals surface area contributed by atoms with Crippen molar-refractivity contribution >= 4 is 15.9 Å². The zero-order valence-corrected chi connectivity index (χ0v) is 14.0. The number of halogens is 1. The highest BCUT2D eigenvalue weighted by molar-refractivity contribution is 9.09. The van der Waals surface area contributed by atoms with Gasteiger partial charge in [-0.05, 0) is 42.8 Å². The van der Waals surface area contributed by atoms with Gasteiger partial charge in [0.05, 0.1) is 25.7 Å². The molecule has 0 saturated carbocycles. The lowest BCUT2D eigenvalue weighted by molar-refractivity contribution is 0.340. The van der Waals surface area contributed by atoms with Gasteiger partial charge in [0, 0.05) is 5.56 Å². The molecule has 0 aromatic heterocycles. The molecule has 1 unspecified atom stereocenters. The molecule has 112 valence electrons. The molecule has 0 saturated heterocycles. The third kappa shape index (κ3) is 3.70. The first-order valence-corrected chi connectivity index (χ1v) is 7.70. The molecular weight excluding hydrogens is 332 g/mol. The van der Waals surface area contributed by atoms with Gasteiger partial charge >= 0.3 is 0 Å². The van der Waals surface area contributed by atoms with Gasteiger partial charge in [0.1, 0.15) is 17.2 Å². The molecule has 0 spiro atoms. The first-order chi connectivity index (χ1) is 10.2. The van der Waals surface area contributed by atoms with E-state index in [2.05, 4.69) is 15.9 Å². The molecule has 0 amide bonds. The molecule has 0 aliphatic rings. The summed E-state index contributed by atoms with van der Waals surface area (Å²) in [5, 5.41) is 0. The minimum absolute atomic E-state index is 0.0261. The Kier molecular flexibility index (Phi) is 5.51. The summed E-state index contributed by atoms with van der Waals surface area (Å²) < 4.78 is 16.2. The maximum Gasteiger partial charge on any atom is 0.123 e. The largest absolute Gasteiger partial charge is 0.497 e. The quantitative estimate of drug-likeness (QED) is 0.713. The molecule has 1 atom stereocenters. The van der Waals surface area contributed by atoms with E-state index in [0.29, 0.717) is 6.61 Å². The highest BCUT2D eigenvalue weighted by Gasteiger charge is 2.16. The highest BCUT2D eigenvalue weighted by atomic mass is 79.9. The van der Waals surface area contributed by atoms with Crippen molar-refractivity contribution < 1.29 is 14.2 Å². The Morgan fingerprint density at radius 2 is 1.62 bits per heavy atom. The van der Waals surface area contributed by atoms with E-state index in [4.69, 9.17) is 14.2 Å². The third-order valence-electron chi connectivity index (χ3n) is 3.19. The molecule has 0 heterocycles. The summed E-state index contributed by atoms with van der Waals surface area (Å²) in [7, 11) is 3.33. The van der Waals surface area contributed by atoms with Crippen LogP contribution in [0.4, 0.5) is 0 Å². The predicted octanol–water partition coefficient (Wildman–Crippen LogP) is 4.59. The lowest BCUT2D eigenvalue weighted by Crippen LogP contribution is -1.98. The normalized spacial score (nSPS) is 11.8. The van der Waals surface area contributed by atoms with Crippen molar-refractivity contribution in [3.63, 3.8) is 0 Å². The van der Waals surface area contributed by atoms with Gasteiger partial charge in [-0.1, -0.05) is 28.1 Å². The van der Waals surface area contributed by atoms with E-state index in [1.807, 2.05) is 49.4 Å². The second kappa shape index (κ2) is 7.36. The van der Waals surface area contributed by atoms with Crippen LogP contribution in [0.1, 0.15) is 22.9 Å². The highest BCUT2D eigenvalue weighted by Crippen LogP contribution is 2.38. The Morgan fingerprint density at radius 3 is 2.19 bits per heavy atom. The van der Waals surface area contributed by atoms with Crippen LogP contribution in [0.2, 0.25) is 0 Å². The molecule has 3 nitrogen and oxygen atoms in total. The summed E-state index contributed by atoms with van der Waals surface area (Å²) >= 11 is 3.74. The van der Waals surface area contributed by atoms with Crippen LogP contribution in [0.5, 0.6) is 17.2 Å². The number of hydrogen-bond donors (Lipinski definition) is 0. The standard InChI is InChI=1S/C17H19BrO3/c1-4-21-13-7-5-12(6-8-13)17(18)15-11-14(19-2)9-10-16(15)20-3/h5-11,17H,4H2,1-3H3. The lowest BCUT2D eigenvalue weighted by Gasteiger charge is -2.16. The second-order valence-corrected chi connectivity index (χ2v) is 5.39. The van der Waals surface area contributed by atoms with Gasteiger partial charge in [0.2, 0.25) is 0 Å². The Bertz CT molecular complexity index is 581. The number of hydrogen-bond acceptors (Lipinski definition) is 3. The van der Waals surface area contributed by atoms with E-state index in [-0.39, 0.29) is 4.83 Å². The SMILES string of the molecule is CCOc1ccc(C(Br)c2cc(OC)ccc2OC)cc1. The molecule has 4 heteroatoms. The number of methoxy groups -OCH3 is 2. The zero-order chi connectivity index (χ0) is 15.2.